The zero-order chi connectivity index (χ0) is 20.1. The smallest absolute Gasteiger partial charge is 0.335 e. The van der Waals surface area contributed by atoms with Gasteiger partial charge in [-0.15, -0.1) is 0 Å². The zero-order valence-electron chi connectivity index (χ0n) is 14.8. The first-order valence-corrected chi connectivity index (χ1v) is 10.0. The van der Waals surface area contributed by atoms with E-state index in [1.165, 1.54) is 18.2 Å². The van der Waals surface area contributed by atoms with E-state index in [1.807, 2.05) is 12.1 Å². The zero-order valence-corrected chi connectivity index (χ0v) is 15.6. The van der Waals surface area contributed by atoms with Gasteiger partial charge in [-0.25, -0.2) is 17.6 Å². The topological polar surface area (TPSA) is 83.5 Å². The fourth-order valence-corrected chi connectivity index (χ4v) is 3.78. The fourth-order valence-electron chi connectivity index (χ4n) is 2.69. The lowest BCUT2D eigenvalue weighted by atomic mass is 10.0. The van der Waals surface area contributed by atoms with Gasteiger partial charge in [0.1, 0.15) is 5.82 Å². The third kappa shape index (κ3) is 4.95. The molecule has 0 aromatic heterocycles. The monoisotopic (exact) mass is 399 g/mol. The Bertz CT molecular complexity index is 1080. The van der Waals surface area contributed by atoms with Crippen LogP contribution < -0.4 is 4.72 Å². The van der Waals surface area contributed by atoms with Crippen molar-refractivity contribution >= 4 is 21.7 Å². The maximum atomic E-state index is 13.3. The van der Waals surface area contributed by atoms with Gasteiger partial charge in [0.15, 0.2) is 0 Å². The van der Waals surface area contributed by atoms with E-state index >= 15 is 0 Å². The van der Waals surface area contributed by atoms with Crippen LogP contribution in [-0.4, -0.2) is 19.5 Å². The number of carbonyl (C=O) groups is 1. The number of carboxylic acids is 1. The summed E-state index contributed by atoms with van der Waals surface area (Å²) in [5, 5.41) is 8.91. The maximum Gasteiger partial charge on any atom is 0.335 e. The minimum absolute atomic E-state index is 0.138. The molecule has 0 heterocycles. The van der Waals surface area contributed by atoms with E-state index in [-0.39, 0.29) is 10.5 Å². The van der Waals surface area contributed by atoms with Crippen LogP contribution in [0.1, 0.15) is 21.5 Å². The second-order valence-electron chi connectivity index (χ2n) is 6.26. The first-order chi connectivity index (χ1) is 13.3. The molecule has 0 saturated heterocycles. The minimum Gasteiger partial charge on any atom is -0.478 e. The number of aryl methyl sites for hydroxylation is 2. The van der Waals surface area contributed by atoms with Crippen LogP contribution in [0, 0.1) is 5.82 Å². The van der Waals surface area contributed by atoms with E-state index in [1.54, 1.807) is 36.4 Å². The van der Waals surface area contributed by atoms with Crippen molar-refractivity contribution in [1.82, 2.24) is 0 Å². The predicted octanol–water partition coefficient (Wildman–Crippen LogP) is 4.11. The summed E-state index contributed by atoms with van der Waals surface area (Å²) in [5.74, 6) is -1.57. The van der Waals surface area contributed by atoms with Crippen molar-refractivity contribution in [2.24, 2.45) is 0 Å². The van der Waals surface area contributed by atoms with Gasteiger partial charge in [0.2, 0.25) is 0 Å². The number of benzene rings is 3. The van der Waals surface area contributed by atoms with Gasteiger partial charge in [-0.3, -0.25) is 4.72 Å². The van der Waals surface area contributed by atoms with Crippen LogP contribution in [-0.2, 0) is 22.9 Å². The number of carboxylic acid groups (broad SMARTS) is 1. The highest BCUT2D eigenvalue weighted by molar-refractivity contribution is 7.92. The van der Waals surface area contributed by atoms with Gasteiger partial charge >= 0.3 is 5.97 Å². The van der Waals surface area contributed by atoms with E-state index in [0.717, 1.165) is 30.0 Å². The molecule has 0 aliphatic rings. The Hall–Kier alpha value is -3.19. The number of nitrogens with one attached hydrogen (secondary N) is 1. The molecule has 3 aromatic rings. The Balaban J connectivity index is 1.62. The van der Waals surface area contributed by atoms with Crippen molar-refractivity contribution in [2.45, 2.75) is 17.7 Å². The molecule has 0 aliphatic carbocycles. The third-order valence-corrected chi connectivity index (χ3v) is 5.59. The first-order valence-electron chi connectivity index (χ1n) is 8.53. The molecule has 0 spiro atoms. The SMILES string of the molecule is O=C(O)c1ccc(CCc2ccc(NS(=O)(=O)c3cccc(F)c3)cc2)cc1. The maximum absolute atomic E-state index is 13.3. The molecule has 2 N–H and O–H groups in total. The number of aromatic carboxylic acids is 1. The summed E-state index contributed by atoms with van der Waals surface area (Å²) in [7, 11) is -3.85. The summed E-state index contributed by atoms with van der Waals surface area (Å²) in [4.78, 5) is 10.7. The first kappa shape index (κ1) is 19.6. The highest BCUT2D eigenvalue weighted by Crippen LogP contribution is 2.18. The Labute approximate surface area is 162 Å². The van der Waals surface area contributed by atoms with Crippen LogP contribution in [0.15, 0.2) is 77.7 Å². The molecule has 0 bridgehead atoms. The Morgan fingerprint density at radius 3 is 2.00 bits per heavy atom. The Morgan fingerprint density at radius 1 is 0.893 bits per heavy atom. The summed E-state index contributed by atoms with van der Waals surface area (Å²) in [6.45, 7) is 0. The molecule has 0 fully saturated rings. The van der Waals surface area contributed by atoms with Gasteiger partial charge < -0.3 is 5.11 Å². The molecule has 0 aliphatic heterocycles. The molecule has 0 radical (unpaired) electrons. The average Bonchev–Trinajstić information content (AvgIpc) is 2.67. The third-order valence-electron chi connectivity index (χ3n) is 4.22. The summed E-state index contributed by atoms with van der Waals surface area (Å²) in [5.41, 5.74) is 2.66. The molecule has 3 aromatic carbocycles. The van der Waals surface area contributed by atoms with E-state index in [9.17, 15) is 17.6 Å². The van der Waals surface area contributed by atoms with Gasteiger partial charge in [-0.05, 0) is 66.4 Å². The van der Waals surface area contributed by atoms with Gasteiger partial charge in [0.05, 0.1) is 10.5 Å². The highest BCUT2D eigenvalue weighted by atomic mass is 32.2. The number of hydrogen-bond donors (Lipinski definition) is 2. The van der Waals surface area contributed by atoms with Crippen LogP contribution in [0.3, 0.4) is 0 Å². The second kappa shape index (κ2) is 8.22. The molecule has 0 unspecified atom stereocenters. The van der Waals surface area contributed by atoms with Crippen molar-refractivity contribution in [3.63, 3.8) is 0 Å². The molecular formula is C21H18FNO4S. The molecule has 5 nitrogen and oxygen atoms in total. The van der Waals surface area contributed by atoms with Crippen molar-refractivity contribution in [3.8, 4) is 0 Å². The van der Waals surface area contributed by atoms with Crippen LogP contribution in [0.2, 0.25) is 0 Å². The summed E-state index contributed by atoms with van der Waals surface area (Å²) >= 11 is 0. The minimum atomic E-state index is -3.85. The molecule has 7 heteroatoms. The summed E-state index contributed by atoms with van der Waals surface area (Å²) in [6, 6.07) is 18.5. The van der Waals surface area contributed by atoms with Gasteiger partial charge in [-0.1, -0.05) is 30.3 Å². The van der Waals surface area contributed by atoms with E-state index in [4.69, 9.17) is 5.11 Å². The van der Waals surface area contributed by atoms with Crippen LogP contribution >= 0.6 is 0 Å². The number of hydrogen-bond acceptors (Lipinski definition) is 3. The van der Waals surface area contributed by atoms with Crippen LogP contribution in [0.4, 0.5) is 10.1 Å². The lowest BCUT2D eigenvalue weighted by molar-refractivity contribution is 0.0697. The number of sulfonamides is 1. The molecule has 3 rings (SSSR count). The van der Waals surface area contributed by atoms with E-state index in [0.29, 0.717) is 5.69 Å². The van der Waals surface area contributed by atoms with Gasteiger partial charge in [0.25, 0.3) is 10.0 Å². The molecule has 0 amide bonds. The Kier molecular flexibility index (Phi) is 5.75. The van der Waals surface area contributed by atoms with Gasteiger partial charge in [0, 0.05) is 5.69 Å². The fraction of sp³-hybridized carbons (Fsp3) is 0.0952. The largest absolute Gasteiger partial charge is 0.478 e. The normalized spacial score (nSPS) is 11.2. The van der Waals surface area contributed by atoms with E-state index < -0.39 is 21.8 Å². The summed E-state index contributed by atoms with van der Waals surface area (Å²) in [6.07, 6.45) is 1.46. The number of anilines is 1. The van der Waals surface area contributed by atoms with Crippen molar-refractivity contribution in [3.05, 3.63) is 95.3 Å². The van der Waals surface area contributed by atoms with Crippen molar-refractivity contribution < 1.29 is 22.7 Å². The van der Waals surface area contributed by atoms with Crippen molar-refractivity contribution in [1.29, 1.82) is 0 Å². The molecule has 28 heavy (non-hydrogen) atoms. The lowest BCUT2D eigenvalue weighted by Crippen LogP contribution is -2.13. The molecule has 0 saturated carbocycles. The molecule has 144 valence electrons. The standard InChI is InChI=1S/C21H18FNO4S/c22-18-2-1-3-20(14-18)28(26,27)23-19-12-8-16(9-13-19)5-4-15-6-10-17(11-7-15)21(24)25/h1-3,6-14,23H,4-5H2,(H,24,25). The second-order valence-corrected chi connectivity index (χ2v) is 7.94. The van der Waals surface area contributed by atoms with Crippen molar-refractivity contribution in [2.75, 3.05) is 4.72 Å². The molecule has 0 atom stereocenters. The molecular weight excluding hydrogens is 381 g/mol. The Morgan fingerprint density at radius 2 is 1.46 bits per heavy atom. The average molecular weight is 399 g/mol. The van der Waals surface area contributed by atoms with Gasteiger partial charge in [-0.2, -0.15) is 0 Å². The lowest BCUT2D eigenvalue weighted by Gasteiger charge is -2.09. The number of rotatable bonds is 7. The van der Waals surface area contributed by atoms with Crippen LogP contribution in [0.5, 0.6) is 0 Å². The van der Waals surface area contributed by atoms with E-state index in [2.05, 4.69) is 4.72 Å². The quantitative estimate of drug-likeness (QED) is 0.626. The highest BCUT2D eigenvalue weighted by Gasteiger charge is 2.14. The van der Waals surface area contributed by atoms with Crippen LogP contribution in [0.25, 0.3) is 0 Å². The summed E-state index contributed by atoms with van der Waals surface area (Å²) < 4.78 is 40.3. The number of halogens is 1. The predicted molar refractivity (Wildman–Crippen MR) is 104 cm³/mol.